The number of anilines is 1. The summed E-state index contributed by atoms with van der Waals surface area (Å²) in [7, 11) is 0. The Balaban J connectivity index is 2.39. The molecule has 1 aromatic carbocycles. The minimum absolute atomic E-state index is 0.0948. The van der Waals surface area contributed by atoms with Gasteiger partial charge in [-0.3, -0.25) is 14.0 Å². The summed E-state index contributed by atoms with van der Waals surface area (Å²) >= 11 is 0. The first-order valence-corrected chi connectivity index (χ1v) is 4.87. The number of carbonyl (C=O) groups excluding carboxylic acids is 2. The molecule has 0 atom stereocenters. The number of nitrogens with zero attached hydrogens (tertiary/aromatic N) is 1. The molecular weight excluding hydrogens is 216 g/mol. The van der Waals surface area contributed by atoms with Gasteiger partial charge in [-0.2, -0.15) is 0 Å². The third-order valence-corrected chi connectivity index (χ3v) is 2.45. The highest BCUT2D eigenvalue weighted by molar-refractivity contribution is 6.52. The summed E-state index contributed by atoms with van der Waals surface area (Å²) in [5, 5.41) is 0. The lowest BCUT2D eigenvalue weighted by atomic mass is 10.1. The molecule has 0 fully saturated rings. The SMILES string of the molecule is O=C1C(=O)N(CCCF)c2cc(F)ccc21. The standard InChI is InChI=1S/C11H9F2NO2/c12-4-1-5-14-9-6-7(13)2-3-8(9)10(15)11(14)16/h2-3,6H,1,4-5H2. The van der Waals surface area contributed by atoms with Crippen molar-refractivity contribution in [1.82, 2.24) is 0 Å². The van der Waals surface area contributed by atoms with Gasteiger partial charge < -0.3 is 4.90 Å². The maximum Gasteiger partial charge on any atom is 0.299 e. The molecule has 0 aromatic heterocycles. The second-order valence-electron chi connectivity index (χ2n) is 3.49. The number of hydrogen-bond acceptors (Lipinski definition) is 2. The Morgan fingerprint density at radius 3 is 2.69 bits per heavy atom. The van der Waals surface area contributed by atoms with Gasteiger partial charge in [-0.05, 0) is 24.6 Å². The van der Waals surface area contributed by atoms with Crippen LogP contribution < -0.4 is 4.90 Å². The summed E-state index contributed by atoms with van der Waals surface area (Å²) in [6, 6.07) is 3.53. The van der Waals surface area contributed by atoms with E-state index < -0.39 is 24.2 Å². The molecule has 0 unspecified atom stereocenters. The Labute approximate surface area is 90.7 Å². The zero-order valence-corrected chi connectivity index (χ0v) is 8.37. The third kappa shape index (κ3) is 1.58. The average molecular weight is 225 g/mol. The molecule has 2 rings (SSSR count). The van der Waals surface area contributed by atoms with Crippen molar-refractivity contribution >= 4 is 17.4 Å². The van der Waals surface area contributed by atoms with E-state index in [0.717, 1.165) is 17.0 Å². The molecule has 84 valence electrons. The Morgan fingerprint density at radius 1 is 1.25 bits per heavy atom. The van der Waals surface area contributed by atoms with Crippen LogP contribution in [-0.2, 0) is 4.79 Å². The Morgan fingerprint density at radius 2 is 2.00 bits per heavy atom. The van der Waals surface area contributed by atoms with E-state index in [1.165, 1.54) is 6.07 Å². The van der Waals surface area contributed by atoms with Gasteiger partial charge in [0.15, 0.2) is 0 Å². The average Bonchev–Trinajstić information content (AvgIpc) is 2.50. The van der Waals surface area contributed by atoms with Gasteiger partial charge in [0.2, 0.25) is 0 Å². The summed E-state index contributed by atoms with van der Waals surface area (Å²) in [6.45, 7) is -0.486. The van der Waals surface area contributed by atoms with Crippen molar-refractivity contribution in [3.8, 4) is 0 Å². The molecular formula is C11H9F2NO2. The molecule has 1 aliphatic rings. The topological polar surface area (TPSA) is 37.4 Å². The van der Waals surface area contributed by atoms with Crippen molar-refractivity contribution < 1.29 is 18.4 Å². The van der Waals surface area contributed by atoms with Crippen LogP contribution in [0.2, 0.25) is 0 Å². The van der Waals surface area contributed by atoms with Crippen molar-refractivity contribution in [3.63, 3.8) is 0 Å². The highest BCUT2D eigenvalue weighted by Gasteiger charge is 2.35. The molecule has 16 heavy (non-hydrogen) atoms. The van der Waals surface area contributed by atoms with Gasteiger partial charge in [-0.15, -0.1) is 0 Å². The molecule has 0 radical (unpaired) electrons. The summed E-state index contributed by atoms with van der Waals surface area (Å²) < 4.78 is 25.0. The summed E-state index contributed by atoms with van der Waals surface area (Å²) in [5.74, 6) is -1.89. The van der Waals surface area contributed by atoms with Crippen molar-refractivity contribution in [2.75, 3.05) is 18.1 Å². The molecule has 1 aromatic rings. The van der Waals surface area contributed by atoms with Gasteiger partial charge in [0.1, 0.15) is 5.82 Å². The molecule has 1 aliphatic heterocycles. The van der Waals surface area contributed by atoms with Crippen LogP contribution in [-0.4, -0.2) is 24.9 Å². The first kappa shape index (κ1) is 10.7. The van der Waals surface area contributed by atoms with Crippen molar-refractivity contribution in [1.29, 1.82) is 0 Å². The van der Waals surface area contributed by atoms with E-state index in [9.17, 15) is 18.4 Å². The third-order valence-electron chi connectivity index (χ3n) is 2.45. The minimum atomic E-state index is -0.714. The zero-order valence-electron chi connectivity index (χ0n) is 8.37. The lowest BCUT2D eigenvalue weighted by molar-refractivity contribution is -0.114. The number of Topliss-reactive ketones (excluding diaryl/α,β-unsaturated/α-hetero) is 1. The van der Waals surface area contributed by atoms with Crippen molar-refractivity contribution in [3.05, 3.63) is 29.6 Å². The maximum absolute atomic E-state index is 13.0. The van der Waals surface area contributed by atoms with E-state index in [4.69, 9.17) is 0 Å². The van der Waals surface area contributed by atoms with E-state index in [1.54, 1.807) is 0 Å². The number of alkyl halides is 1. The van der Waals surface area contributed by atoms with Gasteiger partial charge in [-0.1, -0.05) is 0 Å². The fourth-order valence-electron chi connectivity index (χ4n) is 1.71. The molecule has 0 aliphatic carbocycles. The second-order valence-corrected chi connectivity index (χ2v) is 3.49. The lowest BCUT2D eigenvalue weighted by Crippen LogP contribution is -2.30. The molecule has 0 bridgehead atoms. The van der Waals surface area contributed by atoms with Gasteiger partial charge in [0.05, 0.1) is 17.9 Å². The van der Waals surface area contributed by atoms with Crippen LogP contribution in [0, 0.1) is 5.82 Å². The monoisotopic (exact) mass is 225 g/mol. The lowest BCUT2D eigenvalue weighted by Gasteiger charge is -2.15. The molecule has 1 amide bonds. The van der Waals surface area contributed by atoms with Crippen LogP contribution in [0.15, 0.2) is 18.2 Å². The van der Waals surface area contributed by atoms with Crippen LogP contribution >= 0.6 is 0 Å². The largest absolute Gasteiger partial charge is 0.305 e. The minimum Gasteiger partial charge on any atom is -0.305 e. The fourth-order valence-corrected chi connectivity index (χ4v) is 1.71. The number of benzene rings is 1. The second kappa shape index (κ2) is 4.00. The highest BCUT2D eigenvalue weighted by Crippen LogP contribution is 2.29. The molecule has 3 nitrogen and oxygen atoms in total. The van der Waals surface area contributed by atoms with E-state index in [1.807, 2.05) is 0 Å². The van der Waals surface area contributed by atoms with Crippen LogP contribution in [0.5, 0.6) is 0 Å². The smallest absolute Gasteiger partial charge is 0.299 e. The first-order valence-electron chi connectivity index (χ1n) is 4.87. The van der Waals surface area contributed by atoms with E-state index >= 15 is 0 Å². The Kier molecular flexibility index (Phi) is 2.68. The number of halogens is 2. The van der Waals surface area contributed by atoms with Crippen LogP contribution in [0.3, 0.4) is 0 Å². The maximum atomic E-state index is 13.0. The Bertz CT molecular complexity index is 459. The number of hydrogen-bond donors (Lipinski definition) is 0. The number of ketones is 1. The molecule has 0 spiro atoms. The summed E-state index contributed by atoms with van der Waals surface area (Å²) in [4.78, 5) is 24.1. The summed E-state index contributed by atoms with van der Waals surface area (Å²) in [5.41, 5.74) is 0.425. The van der Waals surface area contributed by atoms with Crippen molar-refractivity contribution in [2.24, 2.45) is 0 Å². The fraction of sp³-hybridized carbons (Fsp3) is 0.273. The van der Waals surface area contributed by atoms with Crippen LogP contribution in [0.1, 0.15) is 16.8 Å². The molecule has 0 N–H and O–H groups in total. The number of carbonyl (C=O) groups is 2. The molecule has 0 saturated carbocycles. The molecule has 5 heteroatoms. The van der Waals surface area contributed by atoms with Crippen LogP contribution in [0.25, 0.3) is 0 Å². The number of amides is 1. The quantitative estimate of drug-likeness (QED) is 0.734. The van der Waals surface area contributed by atoms with Gasteiger partial charge in [0.25, 0.3) is 11.7 Å². The molecule has 1 heterocycles. The Hall–Kier alpha value is -1.78. The van der Waals surface area contributed by atoms with E-state index in [-0.39, 0.29) is 24.2 Å². The van der Waals surface area contributed by atoms with Gasteiger partial charge >= 0.3 is 0 Å². The summed E-state index contributed by atoms with van der Waals surface area (Å²) in [6.07, 6.45) is 0.134. The van der Waals surface area contributed by atoms with E-state index in [2.05, 4.69) is 0 Å². The van der Waals surface area contributed by atoms with Gasteiger partial charge in [-0.25, -0.2) is 4.39 Å². The van der Waals surface area contributed by atoms with Gasteiger partial charge in [0, 0.05) is 6.54 Å². The number of fused-ring (bicyclic) bond motifs is 1. The predicted molar refractivity (Wildman–Crippen MR) is 53.7 cm³/mol. The zero-order chi connectivity index (χ0) is 11.7. The normalized spacial score (nSPS) is 14.5. The van der Waals surface area contributed by atoms with E-state index in [0.29, 0.717) is 0 Å². The van der Waals surface area contributed by atoms with Crippen molar-refractivity contribution in [2.45, 2.75) is 6.42 Å². The highest BCUT2D eigenvalue weighted by atomic mass is 19.1. The first-order chi connectivity index (χ1) is 7.65. The number of rotatable bonds is 3. The molecule has 0 saturated heterocycles. The predicted octanol–water partition coefficient (Wildman–Crippen LogP) is 1.71. The van der Waals surface area contributed by atoms with Crippen LogP contribution in [0.4, 0.5) is 14.5 Å².